The molecule has 1 aromatic heterocycles. The lowest BCUT2D eigenvalue weighted by Crippen LogP contribution is -2.25. The summed E-state index contributed by atoms with van der Waals surface area (Å²) in [5.41, 5.74) is 0.0299. The quantitative estimate of drug-likeness (QED) is 0.577. The van der Waals surface area contributed by atoms with Gasteiger partial charge in [-0.3, -0.25) is 9.59 Å². The summed E-state index contributed by atoms with van der Waals surface area (Å²) >= 11 is 0. The number of Topliss-reactive ketones (excluding diaryl/α,β-unsaturated/α-hetero) is 1. The van der Waals surface area contributed by atoms with E-state index >= 15 is 0 Å². The summed E-state index contributed by atoms with van der Waals surface area (Å²) in [7, 11) is 0. The average molecular weight is 344 g/mol. The number of nitrogens with zero attached hydrogens (tertiary/aromatic N) is 2. The highest BCUT2D eigenvalue weighted by Crippen LogP contribution is 2.32. The van der Waals surface area contributed by atoms with E-state index in [0.29, 0.717) is 30.0 Å². The molecule has 3 rings (SSSR count). The van der Waals surface area contributed by atoms with E-state index in [2.05, 4.69) is 5.10 Å². The number of ketones is 1. The molecule has 0 atom stereocenters. The van der Waals surface area contributed by atoms with E-state index in [4.69, 9.17) is 14.2 Å². The number of ether oxygens (including phenoxy) is 3. The fraction of sp³-hybridized carbons (Fsp3) is 0.294. The molecule has 1 aromatic carbocycles. The van der Waals surface area contributed by atoms with Gasteiger partial charge in [-0.25, -0.2) is 9.48 Å². The second-order valence-corrected chi connectivity index (χ2v) is 5.35. The molecule has 1 aliphatic heterocycles. The number of esters is 1. The molecule has 0 radical (unpaired) electrons. The summed E-state index contributed by atoms with van der Waals surface area (Å²) in [6.45, 7) is 1.97. The van der Waals surface area contributed by atoms with Crippen LogP contribution >= 0.6 is 0 Å². The fourth-order valence-electron chi connectivity index (χ4n) is 2.29. The van der Waals surface area contributed by atoms with Crippen LogP contribution in [0.2, 0.25) is 0 Å². The highest BCUT2D eigenvalue weighted by molar-refractivity contribution is 5.99. The highest BCUT2D eigenvalue weighted by Gasteiger charge is 2.18. The molecule has 1 aliphatic rings. The molecular weight excluding hydrogens is 328 g/mol. The first-order valence-electron chi connectivity index (χ1n) is 7.76. The molecule has 0 spiro atoms. The Morgan fingerprint density at radius 1 is 1.20 bits per heavy atom. The normalized spacial score (nSPS) is 12.0. The first-order valence-corrected chi connectivity index (χ1v) is 7.76. The monoisotopic (exact) mass is 344 g/mol. The number of fused-ring (bicyclic) bond motifs is 1. The maximum Gasteiger partial charge on any atom is 0.359 e. The van der Waals surface area contributed by atoms with Crippen molar-refractivity contribution in [2.24, 2.45) is 0 Å². The molecule has 2 aromatic rings. The molecule has 0 fully saturated rings. The lowest BCUT2D eigenvalue weighted by atomic mass is 10.1. The molecule has 8 heteroatoms. The van der Waals surface area contributed by atoms with Crippen LogP contribution in [0.3, 0.4) is 0 Å². The third-order valence-corrected chi connectivity index (χ3v) is 3.54. The smallest absolute Gasteiger partial charge is 0.359 e. The Labute approximate surface area is 142 Å². The highest BCUT2D eigenvalue weighted by atomic mass is 16.7. The molecule has 0 saturated carbocycles. The molecule has 0 bridgehead atoms. The van der Waals surface area contributed by atoms with Crippen LogP contribution < -0.4 is 15.0 Å². The first kappa shape index (κ1) is 16.7. The van der Waals surface area contributed by atoms with Gasteiger partial charge in [-0.15, -0.1) is 0 Å². The van der Waals surface area contributed by atoms with Crippen molar-refractivity contribution < 1.29 is 23.8 Å². The number of hydrogen-bond donors (Lipinski definition) is 0. The largest absolute Gasteiger partial charge is 0.454 e. The predicted octanol–water partition coefficient (Wildman–Crippen LogP) is 1.42. The Balaban J connectivity index is 1.65. The summed E-state index contributed by atoms with van der Waals surface area (Å²) < 4.78 is 16.6. The Hall–Kier alpha value is -3.16. The third-order valence-electron chi connectivity index (χ3n) is 3.54. The zero-order valence-electron chi connectivity index (χ0n) is 13.6. The minimum absolute atomic E-state index is 0.0217. The molecule has 2 heterocycles. The fourth-order valence-corrected chi connectivity index (χ4v) is 2.29. The number of carbonyl (C=O) groups is 2. The van der Waals surface area contributed by atoms with E-state index in [-0.39, 0.29) is 23.8 Å². The third kappa shape index (κ3) is 3.68. The van der Waals surface area contributed by atoms with Gasteiger partial charge in [0, 0.05) is 18.2 Å². The van der Waals surface area contributed by atoms with Crippen LogP contribution in [-0.2, 0) is 11.3 Å². The van der Waals surface area contributed by atoms with Gasteiger partial charge in [-0.1, -0.05) is 6.92 Å². The molecule has 130 valence electrons. The van der Waals surface area contributed by atoms with Crippen LogP contribution in [0.1, 0.15) is 34.2 Å². The Morgan fingerprint density at radius 3 is 2.80 bits per heavy atom. The molecular formula is C17H16N2O6. The maximum atomic E-state index is 12.2. The second kappa shape index (κ2) is 7.16. The zero-order chi connectivity index (χ0) is 17.8. The molecule has 8 nitrogen and oxygen atoms in total. The van der Waals surface area contributed by atoms with E-state index in [1.807, 2.05) is 6.92 Å². The van der Waals surface area contributed by atoms with Crippen molar-refractivity contribution in [3.8, 4) is 11.5 Å². The second-order valence-electron chi connectivity index (χ2n) is 5.35. The number of carbonyl (C=O) groups excluding carboxylic acids is 2. The van der Waals surface area contributed by atoms with Gasteiger partial charge in [0.15, 0.2) is 29.6 Å². The van der Waals surface area contributed by atoms with Gasteiger partial charge < -0.3 is 14.2 Å². The summed E-state index contributed by atoms with van der Waals surface area (Å²) in [6.07, 6.45) is 0.702. The molecule has 0 aliphatic carbocycles. The number of aryl methyl sites for hydroxylation is 1. The van der Waals surface area contributed by atoms with Crippen LogP contribution in [0.4, 0.5) is 0 Å². The van der Waals surface area contributed by atoms with Crippen molar-refractivity contribution in [3.05, 3.63) is 51.9 Å². The minimum Gasteiger partial charge on any atom is -0.454 e. The van der Waals surface area contributed by atoms with Crippen LogP contribution in [0.5, 0.6) is 11.5 Å². The summed E-state index contributed by atoms with van der Waals surface area (Å²) in [4.78, 5) is 35.8. The van der Waals surface area contributed by atoms with E-state index in [9.17, 15) is 14.4 Å². The maximum absolute atomic E-state index is 12.2. The lowest BCUT2D eigenvalue weighted by molar-refractivity contribution is 0.0466. The van der Waals surface area contributed by atoms with Crippen LogP contribution in [0.25, 0.3) is 0 Å². The molecule has 25 heavy (non-hydrogen) atoms. The van der Waals surface area contributed by atoms with E-state index in [1.54, 1.807) is 12.1 Å². The van der Waals surface area contributed by atoms with Gasteiger partial charge in [-0.05, 0) is 30.7 Å². The van der Waals surface area contributed by atoms with Crippen molar-refractivity contribution in [3.63, 3.8) is 0 Å². The van der Waals surface area contributed by atoms with Crippen molar-refractivity contribution in [1.29, 1.82) is 0 Å². The first-order chi connectivity index (χ1) is 12.1. The van der Waals surface area contributed by atoms with Gasteiger partial charge in [0.1, 0.15) is 0 Å². The van der Waals surface area contributed by atoms with Gasteiger partial charge >= 0.3 is 5.97 Å². The molecule has 0 amide bonds. The predicted molar refractivity (Wildman–Crippen MR) is 86.0 cm³/mol. The minimum atomic E-state index is -0.765. The number of aromatic nitrogens is 2. The summed E-state index contributed by atoms with van der Waals surface area (Å²) in [5.74, 6) is -0.103. The van der Waals surface area contributed by atoms with Crippen molar-refractivity contribution in [2.45, 2.75) is 19.9 Å². The Morgan fingerprint density at radius 2 is 2.00 bits per heavy atom. The number of hydrogen-bond acceptors (Lipinski definition) is 7. The van der Waals surface area contributed by atoms with Crippen molar-refractivity contribution >= 4 is 11.8 Å². The number of benzene rings is 1. The lowest BCUT2D eigenvalue weighted by Gasteiger charge is -2.07. The van der Waals surface area contributed by atoms with Gasteiger partial charge in [-0.2, -0.15) is 5.10 Å². The molecule has 0 N–H and O–H groups in total. The van der Waals surface area contributed by atoms with Gasteiger partial charge in [0.05, 0.1) is 0 Å². The van der Waals surface area contributed by atoms with Crippen LogP contribution in [0.15, 0.2) is 35.1 Å². The standard InChI is InChI=1S/C17H16N2O6/c1-2-7-19-16(21)6-4-12(18-19)17(22)23-9-13(20)11-3-5-14-15(8-11)25-10-24-14/h3-6,8H,2,7,9-10H2,1H3. The molecule has 0 unspecified atom stereocenters. The topological polar surface area (TPSA) is 96.7 Å². The molecule has 0 saturated heterocycles. The summed E-state index contributed by atoms with van der Waals surface area (Å²) in [6, 6.07) is 7.27. The van der Waals surface area contributed by atoms with E-state index < -0.39 is 12.6 Å². The van der Waals surface area contributed by atoms with Crippen molar-refractivity contribution in [1.82, 2.24) is 9.78 Å². The van der Waals surface area contributed by atoms with Crippen LogP contribution in [-0.4, -0.2) is 34.9 Å². The van der Waals surface area contributed by atoms with Gasteiger partial charge in [0.2, 0.25) is 6.79 Å². The van der Waals surface area contributed by atoms with E-state index in [1.165, 1.54) is 22.9 Å². The Kier molecular flexibility index (Phi) is 4.78. The summed E-state index contributed by atoms with van der Waals surface area (Å²) in [5, 5.41) is 3.94. The number of rotatable bonds is 6. The zero-order valence-corrected chi connectivity index (χ0v) is 13.6. The average Bonchev–Trinajstić information content (AvgIpc) is 3.09. The SMILES string of the molecule is CCCn1nc(C(=O)OCC(=O)c2ccc3c(c2)OCO3)ccc1=O. The van der Waals surface area contributed by atoms with E-state index in [0.717, 1.165) is 0 Å². The van der Waals surface area contributed by atoms with Gasteiger partial charge in [0.25, 0.3) is 5.56 Å². The Bertz CT molecular complexity index is 874. The van der Waals surface area contributed by atoms with Crippen molar-refractivity contribution in [2.75, 3.05) is 13.4 Å². The van der Waals surface area contributed by atoms with Crippen LogP contribution in [0, 0.1) is 0 Å².